The fourth-order valence-electron chi connectivity index (χ4n) is 9.06. The molecule has 3 aromatic heterocycles. The maximum Gasteiger partial charge on any atom is 0.238 e. The molecule has 0 saturated heterocycles. The predicted molar refractivity (Wildman–Crippen MR) is 240 cm³/mol. The van der Waals surface area contributed by atoms with Crippen LogP contribution in [0.25, 0.3) is 111 Å². The first-order valence-electron chi connectivity index (χ1n) is 19.6. The molecule has 0 aliphatic heterocycles. The second kappa shape index (κ2) is 12.8. The summed E-state index contributed by atoms with van der Waals surface area (Å²) in [5, 5.41) is 9.69. The van der Waals surface area contributed by atoms with Crippen molar-refractivity contribution in [3.63, 3.8) is 0 Å². The summed E-state index contributed by atoms with van der Waals surface area (Å²) in [5.74, 6) is 1.81. The third kappa shape index (κ3) is 4.87. The van der Waals surface area contributed by atoms with Gasteiger partial charge in [-0.15, -0.1) is 0 Å². The Labute approximate surface area is 333 Å². The number of para-hydroxylation sites is 2. The van der Waals surface area contributed by atoms with Crippen molar-refractivity contribution in [3.05, 3.63) is 200 Å². The van der Waals surface area contributed by atoms with Gasteiger partial charge >= 0.3 is 0 Å². The van der Waals surface area contributed by atoms with Crippen LogP contribution in [0, 0.1) is 0 Å². The molecule has 0 atom stereocenters. The zero-order chi connectivity index (χ0) is 38.2. The molecule has 12 aromatic rings. The average Bonchev–Trinajstić information content (AvgIpc) is 3.84. The summed E-state index contributed by atoms with van der Waals surface area (Å²) in [7, 11) is 0. The zero-order valence-electron chi connectivity index (χ0n) is 31.3. The highest BCUT2D eigenvalue weighted by molar-refractivity contribution is 6.38. The summed E-state index contributed by atoms with van der Waals surface area (Å²) in [6.45, 7) is 0. The van der Waals surface area contributed by atoms with E-state index in [1.165, 1.54) is 43.2 Å². The van der Waals surface area contributed by atoms with Crippen LogP contribution in [0.2, 0.25) is 0 Å². The molecule has 0 bridgehead atoms. The van der Waals surface area contributed by atoms with Gasteiger partial charge in [-0.3, -0.25) is 4.57 Å². The van der Waals surface area contributed by atoms with Gasteiger partial charge in [0.2, 0.25) is 5.95 Å². The first-order chi connectivity index (χ1) is 28.8. The van der Waals surface area contributed by atoms with Gasteiger partial charge in [-0.05, 0) is 63.7 Å². The molecule has 9 aromatic carbocycles. The van der Waals surface area contributed by atoms with Crippen LogP contribution >= 0.6 is 0 Å². The van der Waals surface area contributed by atoms with E-state index in [1.54, 1.807) is 0 Å². The molecular weight excluding hydrogens is 707 g/mol. The highest BCUT2D eigenvalue weighted by atomic mass is 15.2. The van der Waals surface area contributed by atoms with Crippen LogP contribution in [0.1, 0.15) is 0 Å². The molecule has 0 aliphatic rings. The lowest BCUT2D eigenvalue weighted by Crippen LogP contribution is -2.06. The Morgan fingerprint density at radius 3 is 1.53 bits per heavy atom. The Morgan fingerprint density at radius 1 is 0.293 bits per heavy atom. The van der Waals surface area contributed by atoms with E-state index in [9.17, 15) is 0 Å². The molecular formula is C53H33N5. The molecule has 3 heterocycles. The minimum atomic E-state index is 0.571. The maximum absolute atomic E-state index is 5.33. The maximum atomic E-state index is 5.33. The number of benzene rings is 9. The molecule has 270 valence electrons. The van der Waals surface area contributed by atoms with Gasteiger partial charge in [-0.2, -0.15) is 9.97 Å². The molecule has 0 amide bonds. The molecule has 5 heteroatoms. The molecule has 0 fully saturated rings. The van der Waals surface area contributed by atoms with Crippen LogP contribution < -0.4 is 0 Å². The van der Waals surface area contributed by atoms with Gasteiger partial charge in [0.25, 0.3) is 0 Å². The van der Waals surface area contributed by atoms with E-state index < -0.39 is 0 Å². The lowest BCUT2D eigenvalue weighted by molar-refractivity contribution is 0.953. The summed E-state index contributed by atoms with van der Waals surface area (Å²) in [6.07, 6.45) is 0. The van der Waals surface area contributed by atoms with Gasteiger partial charge < -0.3 is 4.57 Å². The lowest BCUT2D eigenvalue weighted by atomic mass is 9.95. The van der Waals surface area contributed by atoms with Crippen molar-refractivity contribution in [1.29, 1.82) is 0 Å². The lowest BCUT2D eigenvalue weighted by Gasteiger charge is -2.12. The van der Waals surface area contributed by atoms with Crippen molar-refractivity contribution in [3.8, 4) is 45.5 Å². The van der Waals surface area contributed by atoms with Crippen molar-refractivity contribution in [1.82, 2.24) is 24.1 Å². The van der Waals surface area contributed by atoms with E-state index in [0.29, 0.717) is 17.6 Å². The number of fused-ring (bicyclic) bond motifs is 12. The van der Waals surface area contributed by atoms with Crippen molar-refractivity contribution < 1.29 is 0 Å². The highest BCUT2D eigenvalue weighted by Crippen LogP contribution is 2.47. The fourth-order valence-corrected chi connectivity index (χ4v) is 9.06. The van der Waals surface area contributed by atoms with Crippen LogP contribution in [0.4, 0.5) is 0 Å². The van der Waals surface area contributed by atoms with Crippen LogP contribution in [-0.2, 0) is 0 Å². The molecule has 0 aliphatic carbocycles. The van der Waals surface area contributed by atoms with E-state index in [-0.39, 0.29) is 0 Å². The second-order valence-electron chi connectivity index (χ2n) is 14.8. The molecule has 0 unspecified atom stereocenters. The van der Waals surface area contributed by atoms with Crippen molar-refractivity contribution in [2.45, 2.75) is 0 Å². The van der Waals surface area contributed by atoms with Gasteiger partial charge in [0.15, 0.2) is 11.6 Å². The predicted octanol–water partition coefficient (Wildman–Crippen LogP) is 13.4. The standard InChI is InChI=1S/C53H33N5/c1-4-17-34(18-5-1)36-21-16-22-37(33-36)52-54-51(35-19-6-2-7-20-35)55-53(56-52)58-44-30-15-14-29-43(44)47-45(58)31-32-46-49(47)48-41-27-12-10-25-39(41)40-26-11-13-28-42(40)50(48)57(46)38-23-8-3-9-24-38/h1-33H. The number of rotatable bonds is 5. The largest absolute Gasteiger partial charge is 0.309 e. The summed E-state index contributed by atoms with van der Waals surface area (Å²) >= 11 is 0. The molecule has 0 N–H and O–H groups in total. The van der Waals surface area contributed by atoms with Crippen molar-refractivity contribution in [2.75, 3.05) is 0 Å². The highest BCUT2D eigenvalue weighted by Gasteiger charge is 2.25. The monoisotopic (exact) mass is 739 g/mol. The van der Waals surface area contributed by atoms with E-state index in [0.717, 1.165) is 49.9 Å². The second-order valence-corrected chi connectivity index (χ2v) is 14.8. The topological polar surface area (TPSA) is 48.5 Å². The van der Waals surface area contributed by atoms with E-state index >= 15 is 0 Å². The van der Waals surface area contributed by atoms with E-state index in [1.807, 2.05) is 24.3 Å². The molecule has 5 nitrogen and oxygen atoms in total. The third-order valence-corrected chi connectivity index (χ3v) is 11.5. The SMILES string of the molecule is c1ccc(-c2cccc(-c3nc(-c4ccccc4)nc(-n4c5ccccc5c5c6c7c8ccccc8c8ccccc8c7n(-c7ccccc7)c6ccc54)n3)c2)cc1. The zero-order valence-corrected chi connectivity index (χ0v) is 31.3. The van der Waals surface area contributed by atoms with Crippen LogP contribution in [0.3, 0.4) is 0 Å². The summed E-state index contributed by atoms with van der Waals surface area (Å²) in [5.41, 5.74) is 9.65. The smallest absolute Gasteiger partial charge is 0.238 e. The van der Waals surface area contributed by atoms with Gasteiger partial charge in [0.05, 0.1) is 22.1 Å². The Balaban J connectivity index is 1.22. The number of nitrogens with zero attached hydrogens (tertiary/aromatic N) is 5. The minimum Gasteiger partial charge on any atom is -0.309 e. The van der Waals surface area contributed by atoms with E-state index in [2.05, 4.69) is 185 Å². The number of aromatic nitrogens is 5. The van der Waals surface area contributed by atoms with Crippen LogP contribution in [0.5, 0.6) is 0 Å². The Hall–Kier alpha value is -7.89. The van der Waals surface area contributed by atoms with Crippen LogP contribution in [-0.4, -0.2) is 24.1 Å². The minimum absolute atomic E-state index is 0.571. The summed E-state index contributed by atoms with van der Waals surface area (Å²) < 4.78 is 4.69. The average molecular weight is 740 g/mol. The van der Waals surface area contributed by atoms with Gasteiger partial charge in [0.1, 0.15) is 0 Å². The van der Waals surface area contributed by atoms with E-state index in [4.69, 9.17) is 15.0 Å². The molecule has 58 heavy (non-hydrogen) atoms. The van der Waals surface area contributed by atoms with Crippen molar-refractivity contribution >= 4 is 65.2 Å². The molecule has 0 spiro atoms. The third-order valence-electron chi connectivity index (χ3n) is 11.5. The normalized spacial score (nSPS) is 11.8. The first kappa shape index (κ1) is 32.4. The van der Waals surface area contributed by atoms with Gasteiger partial charge in [-0.25, -0.2) is 4.98 Å². The summed E-state index contributed by atoms with van der Waals surface area (Å²) in [6, 6.07) is 70.8. The Morgan fingerprint density at radius 2 is 0.810 bits per heavy atom. The van der Waals surface area contributed by atoms with Gasteiger partial charge in [0, 0.05) is 43.7 Å². The van der Waals surface area contributed by atoms with Gasteiger partial charge in [-0.1, -0.05) is 164 Å². The first-order valence-corrected chi connectivity index (χ1v) is 19.6. The summed E-state index contributed by atoms with van der Waals surface area (Å²) in [4.78, 5) is 15.7. The molecule has 0 radical (unpaired) electrons. The van der Waals surface area contributed by atoms with Crippen molar-refractivity contribution in [2.24, 2.45) is 0 Å². The van der Waals surface area contributed by atoms with Crippen LogP contribution in [0.15, 0.2) is 200 Å². The number of hydrogen-bond donors (Lipinski definition) is 0. The molecule has 0 saturated carbocycles. The Kier molecular flexibility index (Phi) is 7.16. The quantitative estimate of drug-likeness (QED) is 0.165. The number of hydrogen-bond acceptors (Lipinski definition) is 3. The molecule has 12 rings (SSSR count). The Bertz CT molecular complexity index is 3550. The fraction of sp³-hybridized carbons (Fsp3) is 0.